The monoisotopic (exact) mass is 432 g/mol. The second-order valence-electron chi connectivity index (χ2n) is 8.30. The molecule has 1 amide bonds. The van der Waals surface area contributed by atoms with E-state index in [1.165, 1.54) is 23.7 Å². The number of alkyl halides is 2. The fourth-order valence-corrected chi connectivity index (χ4v) is 4.18. The Morgan fingerprint density at radius 3 is 2.45 bits per heavy atom. The summed E-state index contributed by atoms with van der Waals surface area (Å²) in [6.07, 6.45) is -2.46. The third-order valence-corrected chi connectivity index (χ3v) is 6.29. The highest BCUT2D eigenvalue weighted by Gasteiger charge is 2.34. The number of carbonyl (C=O) groups excluding carboxylic acids is 2. The SMILES string of the molecule is CC(=O)/C(N)=C1\CC(C(F)F)CC1=NCC(=O)N1CCN(c2cccc(C)c2C)CC1. The van der Waals surface area contributed by atoms with Crippen LogP contribution in [0.5, 0.6) is 0 Å². The number of hydrogen-bond donors (Lipinski definition) is 1. The van der Waals surface area contributed by atoms with E-state index in [4.69, 9.17) is 5.73 Å². The van der Waals surface area contributed by atoms with Gasteiger partial charge in [0.25, 0.3) is 0 Å². The Morgan fingerprint density at radius 2 is 1.84 bits per heavy atom. The van der Waals surface area contributed by atoms with E-state index in [-0.39, 0.29) is 36.8 Å². The highest BCUT2D eigenvalue weighted by atomic mass is 19.3. The van der Waals surface area contributed by atoms with E-state index < -0.39 is 12.3 Å². The second kappa shape index (κ2) is 9.58. The van der Waals surface area contributed by atoms with E-state index >= 15 is 0 Å². The van der Waals surface area contributed by atoms with Crippen LogP contribution in [0.1, 0.15) is 30.9 Å². The van der Waals surface area contributed by atoms with E-state index in [0.717, 1.165) is 13.1 Å². The standard InChI is InChI=1S/C23H30F2N4O2/c1-14-5-4-6-20(15(14)2)28-7-9-29(10-8-28)21(31)13-27-19-12-17(23(24)25)11-18(19)22(26)16(3)30/h4-6,17,23H,7-13,26H2,1-3H3/b22-18-,27-19?. The Hall–Kier alpha value is -2.77. The lowest BCUT2D eigenvalue weighted by atomic mass is 10.1. The first-order chi connectivity index (χ1) is 14.7. The van der Waals surface area contributed by atoms with Crippen molar-refractivity contribution in [2.75, 3.05) is 37.6 Å². The molecular weight excluding hydrogens is 402 g/mol. The number of anilines is 1. The minimum absolute atomic E-state index is 0.0185. The number of aryl methyl sites for hydroxylation is 1. The van der Waals surface area contributed by atoms with Gasteiger partial charge in [0.1, 0.15) is 6.54 Å². The van der Waals surface area contributed by atoms with E-state index in [2.05, 4.69) is 35.9 Å². The lowest BCUT2D eigenvalue weighted by molar-refractivity contribution is -0.129. The predicted molar refractivity (Wildman–Crippen MR) is 118 cm³/mol. The molecule has 0 spiro atoms. The molecule has 1 saturated heterocycles. The van der Waals surface area contributed by atoms with Crippen LogP contribution in [0.15, 0.2) is 34.5 Å². The molecule has 1 aromatic rings. The van der Waals surface area contributed by atoms with Gasteiger partial charge in [-0.25, -0.2) is 8.78 Å². The summed E-state index contributed by atoms with van der Waals surface area (Å²) in [4.78, 5) is 32.6. The zero-order valence-electron chi connectivity index (χ0n) is 18.3. The van der Waals surface area contributed by atoms with Crippen LogP contribution in [-0.2, 0) is 9.59 Å². The maximum absolute atomic E-state index is 13.2. The number of nitrogens with two attached hydrogens (primary N) is 1. The number of amides is 1. The Balaban J connectivity index is 1.64. The average molecular weight is 433 g/mol. The molecule has 2 fully saturated rings. The maximum Gasteiger partial charge on any atom is 0.244 e. The maximum atomic E-state index is 13.2. The van der Waals surface area contributed by atoms with Crippen LogP contribution >= 0.6 is 0 Å². The molecule has 1 atom stereocenters. The van der Waals surface area contributed by atoms with E-state index in [1.807, 2.05) is 6.07 Å². The van der Waals surface area contributed by atoms with E-state index in [0.29, 0.717) is 24.4 Å². The van der Waals surface area contributed by atoms with E-state index in [9.17, 15) is 18.4 Å². The molecule has 1 aliphatic carbocycles. The van der Waals surface area contributed by atoms with Crippen molar-refractivity contribution in [2.24, 2.45) is 16.6 Å². The average Bonchev–Trinajstić information content (AvgIpc) is 3.18. The topological polar surface area (TPSA) is 79.0 Å². The van der Waals surface area contributed by atoms with Crippen LogP contribution in [0.3, 0.4) is 0 Å². The minimum Gasteiger partial charge on any atom is -0.396 e. The molecule has 1 heterocycles. The van der Waals surface area contributed by atoms with Gasteiger partial charge in [-0.3, -0.25) is 14.6 Å². The lowest BCUT2D eigenvalue weighted by Gasteiger charge is -2.37. The first-order valence-electron chi connectivity index (χ1n) is 10.6. The summed E-state index contributed by atoms with van der Waals surface area (Å²) < 4.78 is 26.4. The summed E-state index contributed by atoms with van der Waals surface area (Å²) in [5.74, 6) is -1.43. The summed E-state index contributed by atoms with van der Waals surface area (Å²) >= 11 is 0. The van der Waals surface area contributed by atoms with Crippen molar-refractivity contribution in [1.29, 1.82) is 0 Å². The van der Waals surface area contributed by atoms with Crippen molar-refractivity contribution in [1.82, 2.24) is 4.90 Å². The number of aliphatic imine (C=N–C) groups is 1. The summed E-state index contributed by atoms with van der Waals surface area (Å²) in [6.45, 7) is 7.97. The molecule has 2 N–H and O–H groups in total. The van der Waals surface area contributed by atoms with Crippen molar-refractivity contribution in [3.63, 3.8) is 0 Å². The van der Waals surface area contributed by atoms with Crippen LogP contribution in [-0.4, -0.2) is 61.5 Å². The molecule has 2 aliphatic rings. The number of rotatable bonds is 5. The van der Waals surface area contributed by atoms with Crippen LogP contribution in [0.4, 0.5) is 14.5 Å². The molecule has 1 aliphatic heterocycles. The van der Waals surface area contributed by atoms with Crippen LogP contribution < -0.4 is 10.6 Å². The van der Waals surface area contributed by atoms with Crippen molar-refractivity contribution >= 4 is 23.1 Å². The fraction of sp³-hybridized carbons (Fsp3) is 0.522. The van der Waals surface area contributed by atoms with Gasteiger partial charge in [0.15, 0.2) is 5.78 Å². The van der Waals surface area contributed by atoms with Crippen LogP contribution in [0, 0.1) is 19.8 Å². The Morgan fingerprint density at radius 1 is 1.16 bits per heavy atom. The molecule has 0 aromatic heterocycles. The van der Waals surface area contributed by atoms with Crippen molar-refractivity contribution in [2.45, 2.75) is 40.0 Å². The van der Waals surface area contributed by atoms with Crippen LogP contribution in [0.25, 0.3) is 0 Å². The third kappa shape index (κ3) is 5.11. The first-order valence-corrected chi connectivity index (χ1v) is 10.6. The number of ketones is 1. The zero-order chi connectivity index (χ0) is 22.7. The van der Waals surface area contributed by atoms with Gasteiger partial charge in [-0.05, 0) is 43.9 Å². The van der Waals surface area contributed by atoms with Crippen LogP contribution in [0.2, 0.25) is 0 Å². The van der Waals surface area contributed by atoms with Gasteiger partial charge in [-0.2, -0.15) is 0 Å². The van der Waals surface area contributed by atoms with Gasteiger partial charge < -0.3 is 15.5 Å². The molecule has 0 radical (unpaired) electrons. The van der Waals surface area contributed by atoms with Crippen molar-refractivity contribution < 1.29 is 18.4 Å². The second-order valence-corrected chi connectivity index (χ2v) is 8.30. The van der Waals surface area contributed by atoms with Gasteiger partial charge in [0, 0.05) is 56.0 Å². The summed E-state index contributed by atoms with van der Waals surface area (Å²) in [6, 6.07) is 6.22. The lowest BCUT2D eigenvalue weighted by Crippen LogP contribution is -2.49. The molecule has 1 unspecified atom stereocenters. The van der Waals surface area contributed by atoms with Crippen molar-refractivity contribution in [3.05, 3.63) is 40.6 Å². The number of carbonyl (C=O) groups is 2. The first kappa shape index (κ1) is 22.9. The number of hydrogen-bond acceptors (Lipinski definition) is 5. The molecule has 8 heteroatoms. The Kier molecular flexibility index (Phi) is 7.08. The predicted octanol–water partition coefficient (Wildman–Crippen LogP) is 2.87. The number of piperazine rings is 1. The molecule has 1 saturated carbocycles. The molecular formula is C23H30F2N4O2. The fourth-order valence-electron chi connectivity index (χ4n) is 4.18. The number of allylic oxidation sites excluding steroid dienone is 2. The van der Waals surface area contributed by atoms with Gasteiger partial charge in [0.05, 0.1) is 5.70 Å². The van der Waals surface area contributed by atoms with Gasteiger partial charge in [-0.15, -0.1) is 0 Å². The summed E-state index contributed by atoms with van der Waals surface area (Å²) in [7, 11) is 0. The Labute approximate surface area is 181 Å². The number of benzene rings is 1. The third-order valence-electron chi connectivity index (χ3n) is 6.29. The molecule has 0 bridgehead atoms. The smallest absolute Gasteiger partial charge is 0.244 e. The van der Waals surface area contributed by atoms with Gasteiger partial charge in [-0.1, -0.05) is 12.1 Å². The van der Waals surface area contributed by atoms with Gasteiger partial charge >= 0.3 is 0 Å². The summed E-state index contributed by atoms with van der Waals surface area (Å²) in [5, 5.41) is 0. The summed E-state index contributed by atoms with van der Waals surface area (Å²) in [5.41, 5.74) is 10.2. The zero-order valence-corrected chi connectivity index (χ0v) is 18.3. The number of nitrogens with zero attached hydrogens (tertiary/aromatic N) is 3. The highest BCUT2D eigenvalue weighted by molar-refractivity contribution is 6.09. The van der Waals surface area contributed by atoms with Crippen molar-refractivity contribution in [3.8, 4) is 0 Å². The molecule has 31 heavy (non-hydrogen) atoms. The number of Topliss-reactive ketones (excluding diaryl/α,β-unsaturated/α-hetero) is 1. The largest absolute Gasteiger partial charge is 0.396 e. The molecule has 168 valence electrons. The highest BCUT2D eigenvalue weighted by Crippen LogP contribution is 2.34. The minimum atomic E-state index is -2.52. The Bertz CT molecular complexity index is 918. The van der Waals surface area contributed by atoms with E-state index in [1.54, 1.807) is 4.90 Å². The van der Waals surface area contributed by atoms with Gasteiger partial charge in [0.2, 0.25) is 12.3 Å². The molecule has 6 nitrogen and oxygen atoms in total. The number of halogens is 2. The molecule has 1 aromatic carbocycles. The quantitative estimate of drug-likeness (QED) is 0.726. The normalized spacial score (nSPS) is 22.4. The molecule has 3 rings (SSSR count).